The molecule has 0 unspecified atom stereocenters. The van der Waals surface area contributed by atoms with E-state index in [0.717, 1.165) is 15.6 Å². The number of amides is 1. The van der Waals surface area contributed by atoms with E-state index in [1.165, 1.54) is 25.6 Å². The van der Waals surface area contributed by atoms with Crippen LogP contribution in [0.1, 0.15) is 15.2 Å². The Hall–Kier alpha value is -2.26. The lowest BCUT2D eigenvalue weighted by molar-refractivity contribution is 0.0981. The van der Waals surface area contributed by atoms with Gasteiger partial charge in [-0.2, -0.15) is 0 Å². The first-order chi connectivity index (χ1) is 14.4. The number of rotatable bonds is 6. The maximum Gasteiger partial charge on any atom is 0.269 e. The van der Waals surface area contributed by atoms with Gasteiger partial charge in [0.1, 0.15) is 10.6 Å². The quantitative estimate of drug-likeness (QED) is 0.477. The topological polar surface area (TPSA) is 68.8 Å². The van der Waals surface area contributed by atoms with Crippen LogP contribution in [-0.2, 0) is 6.54 Å². The van der Waals surface area contributed by atoms with Crippen LogP contribution < -0.4 is 24.8 Å². The second-order valence-electron chi connectivity index (χ2n) is 6.04. The fourth-order valence-corrected chi connectivity index (χ4v) is 4.56. The maximum atomic E-state index is 12.7. The number of carbonyl (C=O) groups is 1. The van der Waals surface area contributed by atoms with Gasteiger partial charge in [-0.15, -0.1) is 11.3 Å². The highest BCUT2D eigenvalue weighted by Gasteiger charge is 2.19. The Morgan fingerprint density at radius 2 is 1.77 bits per heavy atom. The molecule has 0 aliphatic rings. The number of halogens is 2. The number of benzene rings is 2. The minimum Gasteiger partial charge on any atom is -0.497 e. The summed E-state index contributed by atoms with van der Waals surface area (Å²) >= 11 is 19.2. The van der Waals surface area contributed by atoms with Gasteiger partial charge in [-0.25, -0.2) is 0 Å². The van der Waals surface area contributed by atoms with E-state index in [-0.39, 0.29) is 11.7 Å². The van der Waals surface area contributed by atoms with Gasteiger partial charge in [-0.05, 0) is 42.0 Å². The highest BCUT2D eigenvalue weighted by Crippen LogP contribution is 2.37. The van der Waals surface area contributed by atoms with Crippen molar-refractivity contribution in [1.29, 1.82) is 0 Å². The molecule has 1 heterocycles. The number of nitrogens with one attached hydrogen (secondary N) is 2. The van der Waals surface area contributed by atoms with E-state index in [1.54, 1.807) is 25.3 Å². The third-order valence-corrected chi connectivity index (χ3v) is 6.52. The molecule has 30 heavy (non-hydrogen) atoms. The third-order valence-electron chi connectivity index (χ3n) is 4.26. The molecule has 3 rings (SSSR count). The molecule has 1 amide bonds. The summed E-state index contributed by atoms with van der Waals surface area (Å²) in [6.07, 6.45) is 0. The second kappa shape index (κ2) is 9.70. The second-order valence-corrected chi connectivity index (χ2v) is 8.29. The first-order valence-electron chi connectivity index (χ1n) is 8.63. The van der Waals surface area contributed by atoms with E-state index in [0.29, 0.717) is 32.2 Å². The molecule has 10 heteroatoms. The van der Waals surface area contributed by atoms with E-state index in [2.05, 4.69) is 10.6 Å². The van der Waals surface area contributed by atoms with Crippen molar-refractivity contribution < 1.29 is 19.0 Å². The summed E-state index contributed by atoms with van der Waals surface area (Å²) in [5.74, 6) is 1.37. The van der Waals surface area contributed by atoms with Crippen LogP contribution in [0.25, 0.3) is 10.1 Å². The molecule has 0 aliphatic carbocycles. The first kappa shape index (κ1) is 22.4. The summed E-state index contributed by atoms with van der Waals surface area (Å²) in [6, 6.07) is 8.85. The van der Waals surface area contributed by atoms with Gasteiger partial charge >= 0.3 is 0 Å². The van der Waals surface area contributed by atoms with Crippen LogP contribution in [0.4, 0.5) is 0 Å². The molecule has 0 radical (unpaired) electrons. The average Bonchev–Trinajstić information content (AvgIpc) is 3.08. The van der Waals surface area contributed by atoms with Gasteiger partial charge in [0, 0.05) is 27.7 Å². The molecule has 2 aromatic carbocycles. The van der Waals surface area contributed by atoms with Crippen LogP contribution in [0.3, 0.4) is 0 Å². The lowest BCUT2D eigenvalue weighted by Crippen LogP contribution is -2.38. The van der Waals surface area contributed by atoms with Crippen LogP contribution >= 0.6 is 46.8 Å². The van der Waals surface area contributed by atoms with Gasteiger partial charge in [0.15, 0.2) is 16.6 Å². The Morgan fingerprint density at radius 3 is 2.43 bits per heavy atom. The van der Waals surface area contributed by atoms with Crippen molar-refractivity contribution in [3.63, 3.8) is 0 Å². The molecule has 6 nitrogen and oxygen atoms in total. The molecule has 0 saturated carbocycles. The molecule has 0 aliphatic heterocycles. The van der Waals surface area contributed by atoms with E-state index >= 15 is 0 Å². The number of ether oxygens (including phenoxy) is 3. The van der Waals surface area contributed by atoms with Crippen LogP contribution in [0.5, 0.6) is 17.2 Å². The fraction of sp³-hybridized carbons (Fsp3) is 0.200. The van der Waals surface area contributed by atoms with Gasteiger partial charge in [0.25, 0.3) is 5.91 Å². The minimum atomic E-state index is -0.393. The van der Waals surface area contributed by atoms with E-state index < -0.39 is 5.91 Å². The zero-order valence-electron chi connectivity index (χ0n) is 16.3. The van der Waals surface area contributed by atoms with Crippen molar-refractivity contribution in [1.82, 2.24) is 10.6 Å². The Labute approximate surface area is 193 Å². The number of fused-ring (bicyclic) bond motifs is 1. The SMILES string of the molecule is COc1ccc2c(Cl)c(C(=O)NC(=S)NCc3cc(OC)c(OC)cc3Cl)sc2c1. The number of methoxy groups -OCH3 is 3. The molecule has 3 aromatic rings. The number of thiophene rings is 1. The number of carbonyl (C=O) groups excluding carboxylic acids is 1. The molecular weight excluding hydrogens is 467 g/mol. The van der Waals surface area contributed by atoms with Crippen molar-refractivity contribution in [2.45, 2.75) is 6.54 Å². The predicted octanol–water partition coefficient (Wildman–Crippen LogP) is 5.04. The lowest BCUT2D eigenvalue weighted by atomic mass is 10.2. The van der Waals surface area contributed by atoms with Crippen LogP contribution in [0, 0.1) is 0 Å². The summed E-state index contributed by atoms with van der Waals surface area (Å²) in [5.41, 5.74) is 0.734. The van der Waals surface area contributed by atoms with Gasteiger partial charge in [0.2, 0.25) is 0 Å². The average molecular weight is 485 g/mol. The third kappa shape index (κ3) is 4.73. The zero-order chi connectivity index (χ0) is 21.8. The highest BCUT2D eigenvalue weighted by atomic mass is 35.5. The van der Waals surface area contributed by atoms with E-state index in [1.807, 2.05) is 12.1 Å². The molecule has 1 aromatic heterocycles. The van der Waals surface area contributed by atoms with Crippen LogP contribution in [-0.4, -0.2) is 32.3 Å². The van der Waals surface area contributed by atoms with E-state index in [9.17, 15) is 4.79 Å². The number of hydrogen-bond donors (Lipinski definition) is 2. The van der Waals surface area contributed by atoms with Gasteiger partial charge in [0.05, 0.1) is 26.4 Å². The minimum absolute atomic E-state index is 0.150. The monoisotopic (exact) mass is 484 g/mol. The van der Waals surface area contributed by atoms with Gasteiger partial charge in [-0.1, -0.05) is 23.2 Å². The standard InChI is InChI=1S/C20H18Cl2N2O4S2/c1-26-11-4-5-12-16(7-11)30-18(17(12)22)19(25)24-20(29)23-9-10-6-14(27-2)15(28-3)8-13(10)21/h4-8H,9H2,1-3H3,(H2,23,24,25,29). The fourth-order valence-electron chi connectivity index (χ4n) is 2.73. The van der Waals surface area contributed by atoms with Crippen LogP contribution in [0.2, 0.25) is 10.0 Å². The molecular formula is C20H18Cl2N2O4S2. The Kier molecular flexibility index (Phi) is 7.25. The first-order valence-corrected chi connectivity index (χ1v) is 10.6. The van der Waals surface area contributed by atoms with Crippen molar-refractivity contribution in [3.05, 3.63) is 50.8 Å². The predicted molar refractivity (Wildman–Crippen MR) is 125 cm³/mol. The highest BCUT2D eigenvalue weighted by molar-refractivity contribution is 7.80. The normalized spacial score (nSPS) is 10.6. The molecule has 0 atom stereocenters. The number of hydrogen-bond acceptors (Lipinski definition) is 6. The molecule has 158 valence electrons. The van der Waals surface area contributed by atoms with Gasteiger partial charge in [-0.3, -0.25) is 10.1 Å². The summed E-state index contributed by atoms with van der Waals surface area (Å²) in [4.78, 5) is 13.0. The number of thiocarbonyl (C=S) groups is 1. The maximum absolute atomic E-state index is 12.7. The zero-order valence-corrected chi connectivity index (χ0v) is 19.4. The van der Waals surface area contributed by atoms with Crippen LogP contribution in [0.15, 0.2) is 30.3 Å². The van der Waals surface area contributed by atoms with Crippen molar-refractivity contribution in [2.75, 3.05) is 21.3 Å². The van der Waals surface area contributed by atoms with Gasteiger partial charge < -0.3 is 19.5 Å². The Bertz CT molecular complexity index is 1120. The molecule has 2 N–H and O–H groups in total. The smallest absolute Gasteiger partial charge is 0.269 e. The largest absolute Gasteiger partial charge is 0.497 e. The Morgan fingerprint density at radius 1 is 1.07 bits per heavy atom. The summed E-state index contributed by atoms with van der Waals surface area (Å²) in [5, 5.41) is 7.39. The molecule has 0 saturated heterocycles. The molecule has 0 fully saturated rings. The van der Waals surface area contributed by atoms with Crippen molar-refractivity contribution in [3.8, 4) is 17.2 Å². The Balaban J connectivity index is 1.69. The van der Waals surface area contributed by atoms with E-state index in [4.69, 9.17) is 49.6 Å². The summed E-state index contributed by atoms with van der Waals surface area (Å²) < 4.78 is 16.6. The molecule has 0 bridgehead atoms. The lowest BCUT2D eigenvalue weighted by Gasteiger charge is -2.13. The molecule has 0 spiro atoms. The summed E-state index contributed by atoms with van der Waals surface area (Å²) in [7, 11) is 4.66. The van der Waals surface area contributed by atoms with Crippen molar-refractivity contribution in [2.24, 2.45) is 0 Å². The summed E-state index contributed by atoms with van der Waals surface area (Å²) in [6.45, 7) is 0.287. The van der Waals surface area contributed by atoms with Crippen molar-refractivity contribution >= 4 is 67.9 Å².